The Kier molecular flexibility index (Phi) is 6.32. The van der Waals surface area contributed by atoms with E-state index in [1.807, 2.05) is 36.1 Å². The summed E-state index contributed by atoms with van der Waals surface area (Å²) in [6, 6.07) is 9.43. The monoisotopic (exact) mass is 556 g/mol. The third-order valence-electron chi connectivity index (χ3n) is 8.30. The van der Waals surface area contributed by atoms with Gasteiger partial charge in [-0.2, -0.15) is 0 Å². The number of pyridine rings is 1. The lowest BCUT2D eigenvalue weighted by Crippen LogP contribution is -2.39. The van der Waals surface area contributed by atoms with Crippen LogP contribution in [0.2, 0.25) is 0 Å². The van der Waals surface area contributed by atoms with Gasteiger partial charge in [0.25, 0.3) is 5.92 Å². The Morgan fingerprint density at radius 3 is 2.31 bits per heavy atom. The van der Waals surface area contributed by atoms with Gasteiger partial charge in [0.15, 0.2) is 0 Å². The predicted octanol–water partition coefficient (Wildman–Crippen LogP) is 5.43. The number of H-pyrrole nitrogens is 1. The number of imidazole rings is 1. The third kappa shape index (κ3) is 5.73. The zero-order valence-corrected chi connectivity index (χ0v) is 23.1. The zero-order valence-electron chi connectivity index (χ0n) is 22.3. The van der Waals surface area contributed by atoms with Crippen LogP contribution in [0.15, 0.2) is 36.5 Å². The van der Waals surface area contributed by atoms with E-state index in [0.717, 1.165) is 54.7 Å². The van der Waals surface area contributed by atoms with Crippen molar-refractivity contribution in [2.75, 3.05) is 47.0 Å². The summed E-state index contributed by atoms with van der Waals surface area (Å²) in [5.74, 6) is -1.25. The van der Waals surface area contributed by atoms with Crippen LogP contribution in [0.4, 0.5) is 26.0 Å². The number of anilines is 3. The van der Waals surface area contributed by atoms with E-state index in [9.17, 15) is 17.2 Å². The molecule has 2 N–H and O–H groups in total. The molecule has 0 atom stereocenters. The van der Waals surface area contributed by atoms with E-state index < -0.39 is 15.9 Å². The van der Waals surface area contributed by atoms with Gasteiger partial charge in [0.05, 0.1) is 29.5 Å². The summed E-state index contributed by atoms with van der Waals surface area (Å²) in [6.45, 7) is 4.34. The quantitative estimate of drug-likeness (QED) is 0.420. The van der Waals surface area contributed by atoms with Gasteiger partial charge in [-0.1, -0.05) is 0 Å². The minimum absolute atomic E-state index is 0.170. The smallest absolute Gasteiger partial charge is 0.251 e. The molecule has 3 aromatic rings. The van der Waals surface area contributed by atoms with E-state index in [-0.39, 0.29) is 25.9 Å². The van der Waals surface area contributed by atoms with E-state index in [0.29, 0.717) is 28.4 Å². The minimum atomic E-state index is -3.41. The molecule has 2 saturated heterocycles. The molecule has 6 rings (SSSR count). The number of piperidine rings is 2. The lowest BCUT2D eigenvalue weighted by molar-refractivity contribution is -0.0221. The molecule has 1 saturated carbocycles. The summed E-state index contributed by atoms with van der Waals surface area (Å²) >= 11 is 0. The van der Waals surface area contributed by atoms with Crippen molar-refractivity contribution >= 4 is 27.2 Å². The molecule has 2 aliphatic heterocycles. The highest BCUT2D eigenvalue weighted by Gasteiger charge is 2.44. The van der Waals surface area contributed by atoms with Crippen molar-refractivity contribution in [3.8, 4) is 22.8 Å². The van der Waals surface area contributed by atoms with Gasteiger partial charge in [0, 0.05) is 50.3 Å². The molecule has 0 amide bonds. The molecule has 1 spiro atoms. The van der Waals surface area contributed by atoms with Crippen molar-refractivity contribution in [2.45, 2.75) is 51.4 Å². The van der Waals surface area contributed by atoms with Gasteiger partial charge in [0.1, 0.15) is 11.6 Å². The van der Waals surface area contributed by atoms with Gasteiger partial charge in [-0.3, -0.25) is 4.72 Å². The SMILES string of the molecule is Cc1cc(-c2cnc(-c3ccc(NS(C)(=O)=O)cc3N3CCC4(CC3)CC4)[nH]2)nc(N2CCC(F)(F)CC2)c1. The molecule has 3 fully saturated rings. The number of aromatic nitrogens is 3. The third-order valence-corrected chi connectivity index (χ3v) is 8.91. The molecule has 39 heavy (non-hydrogen) atoms. The number of aryl methyl sites for hydroxylation is 1. The van der Waals surface area contributed by atoms with Gasteiger partial charge in [0.2, 0.25) is 10.0 Å². The average Bonchev–Trinajstić information content (AvgIpc) is 3.43. The van der Waals surface area contributed by atoms with Gasteiger partial charge < -0.3 is 14.8 Å². The second kappa shape index (κ2) is 9.46. The molecular weight excluding hydrogens is 522 g/mol. The van der Waals surface area contributed by atoms with E-state index >= 15 is 0 Å². The maximum absolute atomic E-state index is 13.7. The van der Waals surface area contributed by atoms with Crippen molar-refractivity contribution in [3.05, 3.63) is 42.1 Å². The normalized spacial score (nSPS) is 20.3. The molecule has 2 aromatic heterocycles. The average molecular weight is 557 g/mol. The summed E-state index contributed by atoms with van der Waals surface area (Å²) in [5.41, 5.74) is 5.28. The second-order valence-corrected chi connectivity index (χ2v) is 13.2. The fourth-order valence-electron chi connectivity index (χ4n) is 5.77. The number of sulfonamides is 1. The van der Waals surface area contributed by atoms with Gasteiger partial charge in [-0.05, 0) is 73.9 Å². The molecule has 208 valence electrons. The fourth-order valence-corrected chi connectivity index (χ4v) is 6.33. The highest BCUT2D eigenvalue weighted by atomic mass is 32.2. The molecule has 0 radical (unpaired) electrons. The number of alkyl halides is 2. The van der Waals surface area contributed by atoms with E-state index in [1.54, 1.807) is 12.3 Å². The van der Waals surface area contributed by atoms with Crippen LogP contribution in [0.3, 0.4) is 0 Å². The first kappa shape index (κ1) is 26.0. The minimum Gasteiger partial charge on any atom is -0.371 e. The van der Waals surface area contributed by atoms with Crippen LogP contribution in [0.5, 0.6) is 0 Å². The lowest BCUT2D eigenvalue weighted by atomic mass is 9.93. The van der Waals surface area contributed by atoms with Crippen molar-refractivity contribution in [3.63, 3.8) is 0 Å². The molecule has 1 aliphatic carbocycles. The first-order valence-electron chi connectivity index (χ1n) is 13.5. The Morgan fingerprint density at radius 2 is 1.64 bits per heavy atom. The van der Waals surface area contributed by atoms with E-state index in [4.69, 9.17) is 4.98 Å². The molecular formula is C28H34F2N6O2S. The van der Waals surface area contributed by atoms with E-state index in [2.05, 4.69) is 19.6 Å². The number of hydrogen-bond donors (Lipinski definition) is 2. The predicted molar refractivity (Wildman–Crippen MR) is 150 cm³/mol. The van der Waals surface area contributed by atoms with Gasteiger partial charge in [-0.15, -0.1) is 0 Å². The lowest BCUT2D eigenvalue weighted by Gasteiger charge is -2.35. The topological polar surface area (TPSA) is 94.2 Å². The molecule has 8 nitrogen and oxygen atoms in total. The summed E-state index contributed by atoms with van der Waals surface area (Å²) < 4.78 is 53.8. The summed E-state index contributed by atoms with van der Waals surface area (Å²) in [4.78, 5) is 17.1. The summed E-state index contributed by atoms with van der Waals surface area (Å²) in [5, 5.41) is 0. The summed E-state index contributed by atoms with van der Waals surface area (Å²) in [6.07, 6.45) is 7.43. The summed E-state index contributed by atoms with van der Waals surface area (Å²) in [7, 11) is -3.41. The standard InChI is InChI=1S/C28H34F2N6O2S/c1-19-15-22(32-25(16-19)36-13-9-28(29,30)10-14-36)23-18-31-26(33-23)21-4-3-20(34-39(2,37)38)17-24(21)35-11-7-27(5-6-27)8-12-35/h3-4,15-18,34H,5-14H2,1-2H3,(H,31,33). The van der Waals surface area contributed by atoms with Crippen molar-refractivity contribution in [1.82, 2.24) is 15.0 Å². The number of nitrogens with zero attached hydrogens (tertiary/aromatic N) is 4. The number of benzene rings is 1. The van der Waals surface area contributed by atoms with Crippen LogP contribution >= 0.6 is 0 Å². The van der Waals surface area contributed by atoms with E-state index in [1.165, 1.54) is 12.8 Å². The maximum atomic E-state index is 13.7. The number of nitrogens with one attached hydrogen (secondary N) is 2. The highest BCUT2D eigenvalue weighted by Crippen LogP contribution is 2.54. The van der Waals surface area contributed by atoms with Crippen molar-refractivity contribution in [1.29, 1.82) is 0 Å². The Balaban J connectivity index is 1.31. The van der Waals surface area contributed by atoms with Crippen molar-refractivity contribution < 1.29 is 17.2 Å². The highest BCUT2D eigenvalue weighted by molar-refractivity contribution is 7.92. The molecule has 11 heteroatoms. The van der Waals surface area contributed by atoms with Crippen LogP contribution in [0.1, 0.15) is 44.1 Å². The number of hydrogen-bond acceptors (Lipinski definition) is 6. The first-order valence-corrected chi connectivity index (χ1v) is 15.4. The Hall–Kier alpha value is -3.21. The van der Waals surface area contributed by atoms with Crippen LogP contribution in [0, 0.1) is 12.3 Å². The Morgan fingerprint density at radius 1 is 0.949 bits per heavy atom. The second-order valence-electron chi connectivity index (χ2n) is 11.5. The zero-order chi connectivity index (χ0) is 27.4. The van der Waals surface area contributed by atoms with Crippen LogP contribution in [-0.2, 0) is 10.0 Å². The Bertz CT molecular complexity index is 1480. The Labute approximate surface area is 227 Å². The number of rotatable bonds is 6. The van der Waals surface area contributed by atoms with Crippen LogP contribution in [0.25, 0.3) is 22.8 Å². The molecule has 3 aliphatic rings. The van der Waals surface area contributed by atoms with Crippen molar-refractivity contribution in [2.24, 2.45) is 5.41 Å². The van der Waals surface area contributed by atoms with Crippen LogP contribution < -0.4 is 14.5 Å². The fraction of sp³-hybridized carbons (Fsp3) is 0.500. The molecule has 0 bridgehead atoms. The molecule has 4 heterocycles. The maximum Gasteiger partial charge on any atom is 0.251 e. The largest absolute Gasteiger partial charge is 0.371 e. The number of aromatic amines is 1. The number of halogens is 2. The van der Waals surface area contributed by atoms with Gasteiger partial charge >= 0.3 is 0 Å². The molecule has 0 unspecified atom stereocenters. The first-order chi connectivity index (χ1) is 18.5. The molecule has 1 aromatic carbocycles. The van der Waals surface area contributed by atoms with Gasteiger partial charge in [-0.25, -0.2) is 27.2 Å². The van der Waals surface area contributed by atoms with Crippen LogP contribution in [-0.4, -0.2) is 61.7 Å².